The summed E-state index contributed by atoms with van der Waals surface area (Å²) in [7, 11) is 0. The average Bonchev–Trinajstić information content (AvgIpc) is 3.29. The highest BCUT2D eigenvalue weighted by Gasteiger charge is 2.31. The third-order valence-electron chi connectivity index (χ3n) is 4.85. The summed E-state index contributed by atoms with van der Waals surface area (Å²) < 4.78 is 0. The first-order chi connectivity index (χ1) is 13.5. The maximum Gasteiger partial charge on any atom is 0.237 e. The quantitative estimate of drug-likeness (QED) is 0.585. The van der Waals surface area contributed by atoms with E-state index in [-0.39, 0.29) is 18.5 Å². The zero-order valence-corrected chi connectivity index (χ0v) is 16.5. The van der Waals surface area contributed by atoms with Crippen molar-refractivity contribution < 1.29 is 4.79 Å². The van der Waals surface area contributed by atoms with Crippen molar-refractivity contribution in [2.45, 2.75) is 32.0 Å². The van der Waals surface area contributed by atoms with Crippen molar-refractivity contribution in [2.75, 3.05) is 12.3 Å². The Hall–Kier alpha value is -2.42. The summed E-state index contributed by atoms with van der Waals surface area (Å²) in [5.41, 5.74) is 7.82. The normalized spacial score (nSPS) is 17.3. The summed E-state index contributed by atoms with van der Waals surface area (Å²) >= 11 is 12.2. The van der Waals surface area contributed by atoms with Gasteiger partial charge in [0.05, 0.1) is 12.6 Å². The van der Waals surface area contributed by atoms with Crippen molar-refractivity contribution in [1.29, 1.82) is 0 Å². The lowest BCUT2D eigenvalue weighted by atomic mass is 10.1. The Morgan fingerprint density at radius 1 is 1.36 bits per heavy atom. The predicted molar refractivity (Wildman–Crippen MR) is 108 cm³/mol. The molecule has 1 fully saturated rings. The van der Waals surface area contributed by atoms with Gasteiger partial charge in [-0.15, -0.1) is 0 Å². The topological polar surface area (TPSA) is 113 Å². The van der Waals surface area contributed by atoms with E-state index in [9.17, 15) is 4.79 Å². The van der Waals surface area contributed by atoms with Crippen LogP contribution in [0.2, 0.25) is 10.0 Å². The van der Waals surface area contributed by atoms with Gasteiger partial charge in [-0.3, -0.25) is 9.69 Å². The van der Waals surface area contributed by atoms with Crippen LogP contribution < -0.4 is 11.1 Å². The number of aromatic amines is 1. The minimum atomic E-state index is -0.207. The standard InChI is InChI=1S/C18H19Cl2N7O/c19-11-4-3-10(12(20)6-11)8-27-5-1-2-13(27)18(28)22-7-14-25-15-16(21)23-9-24-17(15)26-14/h3-4,6,9,13H,1-2,5,7-8H2,(H,22,28)(H3,21,23,24,25,26). The van der Waals surface area contributed by atoms with Crippen LogP contribution in [0.5, 0.6) is 0 Å². The van der Waals surface area contributed by atoms with Gasteiger partial charge in [-0.2, -0.15) is 0 Å². The van der Waals surface area contributed by atoms with E-state index < -0.39 is 0 Å². The molecule has 3 aromatic rings. The van der Waals surface area contributed by atoms with Gasteiger partial charge in [0, 0.05) is 16.6 Å². The average molecular weight is 420 g/mol. The fraction of sp³-hybridized carbons (Fsp3) is 0.333. The summed E-state index contributed by atoms with van der Waals surface area (Å²) in [6.45, 7) is 1.71. The van der Waals surface area contributed by atoms with Gasteiger partial charge in [0.2, 0.25) is 5.91 Å². The molecule has 3 heterocycles. The van der Waals surface area contributed by atoms with Crippen LogP contribution in [0.3, 0.4) is 0 Å². The molecule has 8 nitrogen and oxygen atoms in total. The molecule has 1 aliphatic rings. The highest BCUT2D eigenvalue weighted by molar-refractivity contribution is 6.35. The highest BCUT2D eigenvalue weighted by Crippen LogP contribution is 2.26. The number of hydrogen-bond acceptors (Lipinski definition) is 6. The number of nitrogens with one attached hydrogen (secondary N) is 2. The lowest BCUT2D eigenvalue weighted by Crippen LogP contribution is -2.42. The molecule has 28 heavy (non-hydrogen) atoms. The molecule has 4 N–H and O–H groups in total. The molecular formula is C18H19Cl2N7O. The van der Waals surface area contributed by atoms with E-state index in [2.05, 4.69) is 30.2 Å². The minimum Gasteiger partial charge on any atom is -0.382 e. The monoisotopic (exact) mass is 419 g/mol. The largest absolute Gasteiger partial charge is 0.382 e. The number of amides is 1. The number of nitrogen functional groups attached to an aromatic ring is 1. The maximum absolute atomic E-state index is 12.7. The molecule has 1 saturated heterocycles. The van der Waals surface area contributed by atoms with Crippen LogP contribution in [0, 0.1) is 0 Å². The van der Waals surface area contributed by atoms with Gasteiger partial charge >= 0.3 is 0 Å². The van der Waals surface area contributed by atoms with Crippen LogP contribution in [0.25, 0.3) is 11.2 Å². The molecule has 146 valence electrons. The SMILES string of the molecule is Nc1ncnc2nc(CNC(=O)C3CCCN3Cc3ccc(Cl)cc3Cl)[nH]c12. The zero-order chi connectivity index (χ0) is 19.7. The Morgan fingerprint density at radius 3 is 3.00 bits per heavy atom. The Morgan fingerprint density at radius 2 is 2.21 bits per heavy atom. The molecule has 1 aromatic carbocycles. The van der Waals surface area contributed by atoms with Gasteiger partial charge in [-0.05, 0) is 37.1 Å². The van der Waals surface area contributed by atoms with E-state index >= 15 is 0 Å². The Kier molecular flexibility index (Phi) is 5.34. The molecule has 1 atom stereocenters. The number of aromatic nitrogens is 4. The number of carbonyl (C=O) groups is 1. The molecule has 0 radical (unpaired) electrons. The molecule has 10 heteroatoms. The molecule has 2 aromatic heterocycles. The summed E-state index contributed by atoms with van der Waals surface area (Å²) in [4.78, 5) is 30.2. The van der Waals surface area contributed by atoms with Crippen LogP contribution in [0.4, 0.5) is 5.82 Å². The fourth-order valence-corrected chi connectivity index (χ4v) is 3.92. The highest BCUT2D eigenvalue weighted by atomic mass is 35.5. The Labute approximate surface area is 171 Å². The van der Waals surface area contributed by atoms with Crippen LogP contribution >= 0.6 is 23.2 Å². The van der Waals surface area contributed by atoms with Gasteiger partial charge in [0.25, 0.3) is 0 Å². The Bertz CT molecular complexity index is 1020. The van der Waals surface area contributed by atoms with E-state index in [0.717, 1.165) is 24.9 Å². The molecule has 0 saturated carbocycles. The minimum absolute atomic E-state index is 0.0397. The molecule has 0 bridgehead atoms. The number of rotatable bonds is 5. The second kappa shape index (κ2) is 7.90. The van der Waals surface area contributed by atoms with Gasteiger partial charge in [-0.1, -0.05) is 29.3 Å². The lowest BCUT2D eigenvalue weighted by Gasteiger charge is -2.24. The molecular weight excluding hydrogens is 401 g/mol. The lowest BCUT2D eigenvalue weighted by molar-refractivity contribution is -0.125. The summed E-state index contributed by atoms with van der Waals surface area (Å²) in [5.74, 6) is 0.875. The molecule has 4 rings (SSSR count). The van der Waals surface area contributed by atoms with Crippen molar-refractivity contribution in [3.05, 3.63) is 46.0 Å². The van der Waals surface area contributed by atoms with Gasteiger partial charge < -0.3 is 16.0 Å². The zero-order valence-electron chi connectivity index (χ0n) is 15.0. The van der Waals surface area contributed by atoms with Crippen molar-refractivity contribution in [3.8, 4) is 0 Å². The van der Waals surface area contributed by atoms with Gasteiger partial charge in [0.15, 0.2) is 11.5 Å². The van der Waals surface area contributed by atoms with Crippen LogP contribution in [0.1, 0.15) is 24.2 Å². The second-order valence-corrected chi connectivity index (χ2v) is 7.57. The molecule has 1 unspecified atom stereocenters. The van der Waals surface area contributed by atoms with Crippen molar-refractivity contribution in [2.24, 2.45) is 0 Å². The van der Waals surface area contributed by atoms with Gasteiger partial charge in [-0.25, -0.2) is 15.0 Å². The predicted octanol–water partition coefficient (Wildman–Crippen LogP) is 2.52. The first-order valence-electron chi connectivity index (χ1n) is 8.92. The van der Waals surface area contributed by atoms with E-state index in [1.807, 2.05) is 12.1 Å². The number of imidazole rings is 1. The number of fused-ring (bicyclic) bond motifs is 1. The smallest absolute Gasteiger partial charge is 0.237 e. The molecule has 1 aliphatic heterocycles. The van der Waals surface area contributed by atoms with E-state index in [1.165, 1.54) is 6.33 Å². The van der Waals surface area contributed by atoms with Crippen molar-refractivity contribution in [3.63, 3.8) is 0 Å². The number of halogens is 2. The number of likely N-dealkylation sites (tertiary alicyclic amines) is 1. The first-order valence-corrected chi connectivity index (χ1v) is 9.67. The number of carbonyl (C=O) groups excluding carboxylic acids is 1. The summed E-state index contributed by atoms with van der Waals surface area (Å²) in [5, 5.41) is 4.15. The van der Waals surface area contributed by atoms with Crippen LogP contribution in [0.15, 0.2) is 24.5 Å². The Balaban J connectivity index is 1.41. The number of anilines is 1. The van der Waals surface area contributed by atoms with E-state index in [1.54, 1.807) is 6.07 Å². The second-order valence-electron chi connectivity index (χ2n) is 6.72. The van der Waals surface area contributed by atoms with E-state index in [0.29, 0.717) is 39.4 Å². The number of nitrogens with two attached hydrogens (primary N) is 1. The van der Waals surface area contributed by atoms with Crippen molar-refractivity contribution >= 4 is 46.1 Å². The summed E-state index contributed by atoms with van der Waals surface area (Å²) in [6, 6.07) is 5.22. The third-order valence-corrected chi connectivity index (χ3v) is 5.44. The molecule has 0 spiro atoms. The van der Waals surface area contributed by atoms with E-state index in [4.69, 9.17) is 28.9 Å². The summed E-state index contributed by atoms with van der Waals surface area (Å²) in [6.07, 6.45) is 3.12. The number of benzene rings is 1. The number of nitrogens with zero attached hydrogens (tertiary/aromatic N) is 4. The van der Waals surface area contributed by atoms with Gasteiger partial charge in [0.1, 0.15) is 17.7 Å². The first kappa shape index (κ1) is 18.9. The number of hydrogen-bond donors (Lipinski definition) is 3. The number of H-pyrrole nitrogens is 1. The fourth-order valence-electron chi connectivity index (χ4n) is 3.45. The molecule has 1 amide bonds. The van der Waals surface area contributed by atoms with Crippen LogP contribution in [-0.4, -0.2) is 43.3 Å². The third kappa shape index (κ3) is 3.89. The van der Waals surface area contributed by atoms with Crippen molar-refractivity contribution in [1.82, 2.24) is 30.2 Å². The maximum atomic E-state index is 12.7. The van der Waals surface area contributed by atoms with Crippen LogP contribution in [-0.2, 0) is 17.9 Å². The molecule has 0 aliphatic carbocycles.